The number of hydrogen-bond acceptors (Lipinski definition) is 2. The maximum absolute atomic E-state index is 12.5. The molecule has 4 unspecified atom stereocenters. The zero-order valence-corrected chi connectivity index (χ0v) is 12.8. The molecule has 3 fully saturated rings. The highest BCUT2D eigenvalue weighted by molar-refractivity contribution is 5.91. The average Bonchev–Trinajstić information content (AvgIpc) is 2.88. The number of carbonyl (C=O) groups excluding carboxylic acids is 2. The molecule has 0 aliphatic heterocycles. The second-order valence-corrected chi connectivity index (χ2v) is 7.69. The molecule has 9 atom stereocenters. The van der Waals surface area contributed by atoms with Crippen molar-refractivity contribution in [2.45, 2.75) is 65.1 Å². The summed E-state index contributed by atoms with van der Waals surface area (Å²) in [4.78, 5) is 24.6. The fourth-order valence-corrected chi connectivity index (χ4v) is 5.42. The minimum absolute atomic E-state index is 0.00951. The smallest absolute Gasteiger partial charge is 0.155 e. The molecule has 0 aromatic heterocycles. The lowest BCUT2D eigenvalue weighted by Gasteiger charge is -2.56. The molecule has 0 radical (unpaired) electrons. The molecule has 0 aromatic carbocycles. The van der Waals surface area contributed by atoms with E-state index in [2.05, 4.69) is 0 Å². The van der Waals surface area contributed by atoms with Crippen molar-refractivity contribution in [1.29, 1.82) is 0 Å². The van der Waals surface area contributed by atoms with E-state index < -0.39 is 36.8 Å². The van der Waals surface area contributed by atoms with Crippen molar-refractivity contribution in [3.63, 3.8) is 0 Å². The number of allylic oxidation sites excluding steroid dienone is 1. The molecule has 2 heteroatoms. The van der Waals surface area contributed by atoms with E-state index in [4.69, 9.17) is 5.48 Å². The molecule has 3 saturated carbocycles. The predicted molar refractivity (Wildman–Crippen MR) is 81.7 cm³/mol. The molecule has 21 heavy (non-hydrogen) atoms. The Bertz CT molecular complexity index is 676. The van der Waals surface area contributed by atoms with Gasteiger partial charge in [-0.05, 0) is 67.7 Å². The largest absolute Gasteiger partial charge is 0.299 e. The van der Waals surface area contributed by atoms with Gasteiger partial charge in [0, 0.05) is 23.7 Å². The maximum Gasteiger partial charge on any atom is 0.155 e. The van der Waals surface area contributed by atoms with Crippen molar-refractivity contribution in [3.8, 4) is 0 Å². The van der Waals surface area contributed by atoms with Crippen molar-refractivity contribution in [2.24, 2.45) is 28.6 Å². The van der Waals surface area contributed by atoms with Crippen LogP contribution in [0.1, 0.15) is 70.6 Å². The highest BCUT2D eigenvalue weighted by Gasteiger charge is 2.58. The van der Waals surface area contributed by atoms with Gasteiger partial charge in [0.05, 0.1) is 0 Å². The highest BCUT2D eigenvalue weighted by Crippen LogP contribution is 2.64. The molecule has 0 bridgehead atoms. The summed E-state index contributed by atoms with van der Waals surface area (Å²) >= 11 is 0. The van der Waals surface area contributed by atoms with E-state index in [1.807, 2.05) is 13.8 Å². The Labute approximate surface area is 133 Å². The molecule has 0 N–H and O–H groups in total. The Balaban J connectivity index is 1.84. The zero-order valence-electron chi connectivity index (χ0n) is 16.8. The van der Waals surface area contributed by atoms with E-state index in [0.717, 1.165) is 19.3 Å². The average molecular weight is 294 g/mol. The monoisotopic (exact) mass is 294 g/mol. The van der Waals surface area contributed by atoms with Crippen LogP contribution in [0.4, 0.5) is 0 Å². The van der Waals surface area contributed by atoms with Crippen LogP contribution in [0.3, 0.4) is 0 Å². The van der Waals surface area contributed by atoms with Gasteiger partial charge in [0.25, 0.3) is 0 Å². The second-order valence-electron chi connectivity index (χ2n) is 7.69. The normalized spacial score (nSPS) is 66.0. The standard InChI is InChI=1S/C19H26O2/c1-18-9-7-13(20)11-12(18)3-4-14-15-5-6-17(21)19(15,2)10-8-16(14)18/h11,14-16H,3-10H2,1-2H3/t14-,15-,16-,18-,19-/m0/s1/i3T,4T,7T,9T/t3?,4?,7?,9?,14-,15-,16-,18-,19-. The van der Waals surface area contributed by atoms with E-state index in [-0.39, 0.29) is 29.0 Å². The molecule has 0 amide bonds. The first-order chi connectivity index (χ1) is 11.6. The Morgan fingerprint density at radius 3 is 2.71 bits per heavy atom. The van der Waals surface area contributed by atoms with E-state index >= 15 is 0 Å². The Hall–Kier alpha value is -0.920. The Morgan fingerprint density at radius 1 is 1.14 bits per heavy atom. The third-order valence-electron chi connectivity index (χ3n) is 6.82. The van der Waals surface area contributed by atoms with Gasteiger partial charge in [-0.2, -0.15) is 0 Å². The van der Waals surface area contributed by atoms with Crippen LogP contribution >= 0.6 is 0 Å². The summed E-state index contributed by atoms with van der Waals surface area (Å²) in [5.74, 6) is -0.0947. The molecule has 0 aromatic rings. The van der Waals surface area contributed by atoms with Crippen molar-refractivity contribution >= 4 is 11.6 Å². The van der Waals surface area contributed by atoms with E-state index in [9.17, 15) is 9.59 Å². The number of rotatable bonds is 0. The van der Waals surface area contributed by atoms with E-state index in [1.165, 1.54) is 6.08 Å². The second kappa shape index (κ2) is 4.30. The van der Waals surface area contributed by atoms with Gasteiger partial charge in [0.1, 0.15) is 5.78 Å². The molecular weight excluding hydrogens is 260 g/mol. The number of carbonyl (C=O) groups is 2. The van der Waals surface area contributed by atoms with Crippen LogP contribution in [0.2, 0.25) is 0 Å². The molecule has 4 aliphatic rings. The third-order valence-corrected chi connectivity index (χ3v) is 6.82. The van der Waals surface area contributed by atoms with Crippen LogP contribution in [0.5, 0.6) is 0 Å². The molecule has 0 heterocycles. The van der Waals surface area contributed by atoms with Crippen LogP contribution in [0.25, 0.3) is 0 Å². The van der Waals surface area contributed by atoms with Crippen LogP contribution in [0, 0.1) is 28.6 Å². The lowest BCUT2D eigenvalue weighted by Crippen LogP contribution is -2.50. The van der Waals surface area contributed by atoms with Gasteiger partial charge in [0.2, 0.25) is 0 Å². The Kier molecular flexibility index (Phi) is 2.04. The van der Waals surface area contributed by atoms with Gasteiger partial charge < -0.3 is 0 Å². The molecule has 4 aliphatic carbocycles. The first-order valence-corrected chi connectivity index (χ1v) is 8.12. The quantitative estimate of drug-likeness (QED) is 0.674. The van der Waals surface area contributed by atoms with Gasteiger partial charge in [-0.1, -0.05) is 19.4 Å². The summed E-state index contributed by atoms with van der Waals surface area (Å²) in [6.07, 6.45) is 0.746. The van der Waals surface area contributed by atoms with Crippen LogP contribution in [0.15, 0.2) is 11.6 Å². The Morgan fingerprint density at radius 2 is 1.90 bits per heavy atom. The summed E-state index contributed by atoms with van der Waals surface area (Å²) in [6.45, 7) is 3.97. The lowest BCUT2D eigenvalue weighted by atomic mass is 9.47. The number of hydrogen-bond donors (Lipinski definition) is 0. The van der Waals surface area contributed by atoms with Crippen molar-refractivity contribution in [2.75, 3.05) is 0 Å². The summed E-state index contributed by atoms with van der Waals surface area (Å²) in [7, 11) is 0. The van der Waals surface area contributed by atoms with Gasteiger partial charge >= 0.3 is 0 Å². The fourth-order valence-electron chi connectivity index (χ4n) is 5.42. The van der Waals surface area contributed by atoms with Gasteiger partial charge in [-0.3, -0.25) is 9.59 Å². The first kappa shape index (κ1) is 9.97. The van der Waals surface area contributed by atoms with E-state index in [1.54, 1.807) is 0 Å². The van der Waals surface area contributed by atoms with Crippen molar-refractivity contribution in [1.82, 2.24) is 0 Å². The molecule has 114 valence electrons. The van der Waals surface area contributed by atoms with Gasteiger partial charge in [0.15, 0.2) is 5.78 Å². The number of fused-ring (bicyclic) bond motifs is 5. The van der Waals surface area contributed by atoms with Crippen LogP contribution in [-0.2, 0) is 9.59 Å². The first-order valence-electron chi connectivity index (χ1n) is 10.4. The van der Waals surface area contributed by atoms with Gasteiger partial charge in [-0.25, -0.2) is 0 Å². The summed E-state index contributed by atoms with van der Waals surface area (Å²) in [5, 5.41) is 0. The maximum atomic E-state index is 12.5. The topological polar surface area (TPSA) is 34.1 Å². The minimum atomic E-state index is -1.11. The predicted octanol–water partition coefficient (Wildman–Crippen LogP) is 4.09. The summed E-state index contributed by atoms with van der Waals surface area (Å²) < 4.78 is 34.1. The molecule has 4 rings (SSSR count). The molecular formula is C19H26O2. The van der Waals surface area contributed by atoms with E-state index in [0.29, 0.717) is 12.0 Å². The molecule has 0 saturated heterocycles. The van der Waals surface area contributed by atoms with Gasteiger partial charge in [-0.15, -0.1) is 0 Å². The fraction of sp³-hybridized carbons (Fsp3) is 0.789. The lowest BCUT2D eigenvalue weighted by molar-refractivity contribution is -0.132. The van der Waals surface area contributed by atoms with Crippen LogP contribution < -0.4 is 0 Å². The molecule has 2 nitrogen and oxygen atoms in total. The number of ketones is 2. The van der Waals surface area contributed by atoms with Crippen molar-refractivity contribution in [3.05, 3.63) is 11.6 Å². The highest BCUT2D eigenvalue weighted by atomic mass is 16.1. The van der Waals surface area contributed by atoms with Crippen LogP contribution in [-0.4, -0.2) is 11.6 Å². The minimum Gasteiger partial charge on any atom is -0.299 e. The summed E-state index contributed by atoms with van der Waals surface area (Å²) in [6, 6.07) is 0. The third kappa shape index (κ3) is 1.71. The number of Topliss-reactive ketones (excluding diaryl/α,β-unsaturated/α-hetero) is 1. The zero-order chi connectivity index (χ0) is 18.3. The molecule has 0 spiro atoms. The SMILES string of the molecule is [3H]C1C2=CC(=O)C([3H])C([3H])[C@]2(C)[C@H]2CC[C@]3(C)C(=O)CC[C@H]3[C@@H]2C1[3H]. The van der Waals surface area contributed by atoms with Crippen molar-refractivity contribution < 1.29 is 15.1 Å². The summed E-state index contributed by atoms with van der Waals surface area (Å²) in [5.41, 5.74) is -0.502.